The molecule has 1 aliphatic rings. The van der Waals surface area contributed by atoms with E-state index in [4.69, 9.17) is 4.98 Å². The van der Waals surface area contributed by atoms with Crippen LogP contribution < -0.4 is 0 Å². The summed E-state index contributed by atoms with van der Waals surface area (Å²) in [5.74, 6) is 0. The number of rotatable bonds is 5. The predicted octanol–water partition coefficient (Wildman–Crippen LogP) is 12.6. The Balaban J connectivity index is 1.30. The van der Waals surface area contributed by atoms with Crippen LogP contribution in [0.2, 0.25) is 0 Å². The quantitative estimate of drug-likeness (QED) is 0.184. The summed E-state index contributed by atoms with van der Waals surface area (Å²) < 4.78 is 2.29. The van der Waals surface area contributed by atoms with Crippen LogP contribution >= 0.6 is 11.3 Å². The first-order chi connectivity index (χ1) is 23.6. The first kappa shape index (κ1) is 29.6. The molecule has 0 radical (unpaired) electrons. The Hall–Kier alpha value is -5.77. The van der Waals surface area contributed by atoms with Crippen molar-refractivity contribution in [2.45, 2.75) is 13.3 Å². The molecule has 0 N–H and O–H groups in total. The van der Waals surface area contributed by atoms with E-state index in [1.165, 1.54) is 32.0 Å². The zero-order valence-electron chi connectivity index (χ0n) is 26.9. The molecule has 48 heavy (non-hydrogen) atoms. The second-order valence-electron chi connectivity index (χ2n) is 12.0. The van der Waals surface area contributed by atoms with Crippen LogP contribution in [0.15, 0.2) is 153 Å². The Morgan fingerprint density at radius 1 is 0.750 bits per heavy atom. The summed E-state index contributed by atoms with van der Waals surface area (Å²) in [6, 6.07) is 39.3. The molecular formula is C45H34N2S. The molecule has 0 amide bonds. The van der Waals surface area contributed by atoms with Crippen LogP contribution in [0.5, 0.6) is 0 Å². The van der Waals surface area contributed by atoms with E-state index in [9.17, 15) is 0 Å². The summed E-state index contributed by atoms with van der Waals surface area (Å²) in [5.41, 5.74) is 14.1. The first-order valence-corrected chi connectivity index (χ1v) is 17.1. The minimum Gasteiger partial charge on any atom is -0.291 e. The number of thiophene rings is 1. The van der Waals surface area contributed by atoms with E-state index < -0.39 is 0 Å². The Labute approximate surface area is 285 Å². The van der Waals surface area contributed by atoms with Gasteiger partial charge in [-0.3, -0.25) is 4.40 Å². The van der Waals surface area contributed by atoms with Gasteiger partial charge < -0.3 is 0 Å². The highest BCUT2D eigenvalue weighted by Gasteiger charge is 2.23. The van der Waals surface area contributed by atoms with Gasteiger partial charge in [-0.05, 0) is 76.6 Å². The molecule has 4 aromatic carbocycles. The van der Waals surface area contributed by atoms with Crippen molar-refractivity contribution in [3.63, 3.8) is 0 Å². The van der Waals surface area contributed by atoms with Crippen molar-refractivity contribution in [3.05, 3.63) is 175 Å². The molecule has 2 nitrogen and oxygen atoms in total. The second kappa shape index (κ2) is 12.4. The average molecular weight is 635 g/mol. The molecule has 230 valence electrons. The second-order valence-corrected chi connectivity index (χ2v) is 13.1. The third-order valence-corrected chi connectivity index (χ3v) is 10.3. The van der Waals surface area contributed by atoms with E-state index in [0.29, 0.717) is 0 Å². The van der Waals surface area contributed by atoms with E-state index in [1.807, 2.05) is 17.4 Å². The van der Waals surface area contributed by atoms with Gasteiger partial charge in [0.1, 0.15) is 5.65 Å². The van der Waals surface area contributed by atoms with Gasteiger partial charge in [0, 0.05) is 26.3 Å². The normalized spacial score (nSPS) is 14.2. The molecule has 0 saturated heterocycles. The third kappa shape index (κ3) is 5.10. The van der Waals surface area contributed by atoms with Crippen LogP contribution in [0.3, 0.4) is 0 Å². The lowest BCUT2D eigenvalue weighted by Gasteiger charge is -2.15. The molecule has 0 atom stereocenters. The van der Waals surface area contributed by atoms with Crippen molar-refractivity contribution >= 4 is 45.6 Å². The number of hydrogen-bond donors (Lipinski definition) is 0. The van der Waals surface area contributed by atoms with E-state index in [0.717, 1.165) is 62.2 Å². The lowest BCUT2D eigenvalue weighted by atomic mass is 9.96. The minimum atomic E-state index is 0.835. The molecule has 0 fully saturated rings. The monoisotopic (exact) mass is 634 g/mol. The van der Waals surface area contributed by atoms with Crippen molar-refractivity contribution in [2.75, 3.05) is 0 Å². The summed E-state index contributed by atoms with van der Waals surface area (Å²) >= 11 is 1.83. The van der Waals surface area contributed by atoms with Gasteiger partial charge in [-0.25, -0.2) is 4.98 Å². The van der Waals surface area contributed by atoms with Gasteiger partial charge in [0.2, 0.25) is 0 Å². The Morgan fingerprint density at radius 3 is 2.23 bits per heavy atom. The lowest BCUT2D eigenvalue weighted by Crippen LogP contribution is -2.00. The number of imidazole rings is 1. The van der Waals surface area contributed by atoms with Crippen molar-refractivity contribution in [2.24, 2.45) is 0 Å². The van der Waals surface area contributed by atoms with Gasteiger partial charge in [0.15, 0.2) is 0 Å². The largest absolute Gasteiger partial charge is 0.291 e. The van der Waals surface area contributed by atoms with Gasteiger partial charge in [-0.1, -0.05) is 141 Å². The molecule has 3 heterocycles. The SMILES string of the molecule is C=Cc1c(/C=C\C)c2cc(-c3ccc(-c4ccc(-c5ccccc5)s4)cc3)ccc2n2c3c(nc12)-c1ccccc1C/C=C\C=C/C3=C. The smallest absolute Gasteiger partial charge is 0.146 e. The molecule has 0 unspecified atom stereocenters. The highest BCUT2D eigenvalue weighted by molar-refractivity contribution is 7.18. The van der Waals surface area contributed by atoms with Crippen molar-refractivity contribution in [1.29, 1.82) is 0 Å². The third-order valence-electron chi connectivity index (χ3n) is 9.10. The van der Waals surface area contributed by atoms with E-state index in [2.05, 4.69) is 170 Å². The number of allylic oxidation sites excluding steroid dienone is 6. The molecule has 8 rings (SSSR count). The lowest BCUT2D eigenvalue weighted by molar-refractivity contribution is 1.22. The predicted molar refractivity (Wildman–Crippen MR) is 208 cm³/mol. The molecule has 0 saturated carbocycles. The molecule has 7 aromatic rings. The van der Waals surface area contributed by atoms with Gasteiger partial charge in [0.25, 0.3) is 0 Å². The number of nitrogens with zero attached hydrogens (tertiary/aromatic N) is 2. The Bertz CT molecular complexity index is 2450. The van der Waals surface area contributed by atoms with E-state index in [-0.39, 0.29) is 0 Å². The summed E-state index contributed by atoms with van der Waals surface area (Å²) in [5, 5.41) is 1.14. The molecule has 0 aliphatic heterocycles. The molecular weight excluding hydrogens is 601 g/mol. The molecule has 3 heteroatoms. The summed E-state index contributed by atoms with van der Waals surface area (Å²) in [4.78, 5) is 7.91. The topological polar surface area (TPSA) is 17.3 Å². The minimum absolute atomic E-state index is 0.835. The van der Waals surface area contributed by atoms with Gasteiger partial charge in [0.05, 0.1) is 16.9 Å². The number of fused-ring (bicyclic) bond motifs is 7. The zero-order valence-corrected chi connectivity index (χ0v) is 27.7. The van der Waals surface area contributed by atoms with Crippen LogP contribution in [-0.4, -0.2) is 9.38 Å². The van der Waals surface area contributed by atoms with E-state index in [1.54, 1.807) is 0 Å². The van der Waals surface area contributed by atoms with Crippen LogP contribution in [-0.2, 0) is 6.42 Å². The fraction of sp³-hybridized carbons (Fsp3) is 0.0444. The van der Waals surface area contributed by atoms with Gasteiger partial charge in [-0.2, -0.15) is 0 Å². The molecule has 3 aromatic heterocycles. The highest BCUT2D eigenvalue weighted by Crippen LogP contribution is 2.40. The van der Waals surface area contributed by atoms with Crippen LogP contribution in [0.25, 0.3) is 77.5 Å². The standard InChI is InChI=1S/C45H34N2S/c1-4-14-38-36(5-2)45-46-43-37-20-13-12-17-32(37)16-9-6-8-15-30(3)44(43)47(45)40-26-25-35(29-39(38)40)31-21-23-34(24-22-31)42-28-27-41(48-42)33-18-10-7-11-19-33/h4-15,17-29H,2-3,16H2,1H3/b9-6-,14-4-,15-8-. The molecule has 0 spiro atoms. The van der Waals surface area contributed by atoms with Crippen LogP contribution in [0.1, 0.15) is 29.3 Å². The maximum Gasteiger partial charge on any atom is 0.146 e. The Morgan fingerprint density at radius 2 is 1.46 bits per heavy atom. The van der Waals surface area contributed by atoms with Crippen LogP contribution in [0.4, 0.5) is 0 Å². The van der Waals surface area contributed by atoms with Gasteiger partial charge >= 0.3 is 0 Å². The molecule has 0 bridgehead atoms. The number of benzene rings is 4. The average Bonchev–Trinajstić information content (AvgIpc) is 3.79. The fourth-order valence-corrected chi connectivity index (χ4v) is 7.81. The number of aromatic nitrogens is 2. The van der Waals surface area contributed by atoms with Crippen molar-refractivity contribution in [1.82, 2.24) is 9.38 Å². The molecule has 1 aliphatic carbocycles. The van der Waals surface area contributed by atoms with Crippen LogP contribution in [0, 0.1) is 0 Å². The van der Waals surface area contributed by atoms with E-state index >= 15 is 0 Å². The number of hydrogen-bond acceptors (Lipinski definition) is 2. The van der Waals surface area contributed by atoms with Gasteiger partial charge in [-0.15, -0.1) is 11.3 Å². The fourth-order valence-electron chi connectivity index (χ4n) is 6.79. The Kier molecular flexibility index (Phi) is 7.68. The summed E-state index contributed by atoms with van der Waals surface area (Å²) in [6.07, 6.45) is 15.5. The van der Waals surface area contributed by atoms with Crippen molar-refractivity contribution in [3.8, 4) is 43.3 Å². The van der Waals surface area contributed by atoms with Crippen molar-refractivity contribution < 1.29 is 0 Å². The number of pyridine rings is 1. The zero-order chi connectivity index (χ0) is 32.6. The summed E-state index contributed by atoms with van der Waals surface area (Å²) in [6.45, 7) is 10.9. The maximum absolute atomic E-state index is 5.36. The summed E-state index contributed by atoms with van der Waals surface area (Å²) in [7, 11) is 0. The highest BCUT2D eigenvalue weighted by atomic mass is 32.1. The first-order valence-electron chi connectivity index (χ1n) is 16.3. The maximum atomic E-state index is 5.36.